The largest absolute Gasteiger partial charge is 0.350 e. The van der Waals surface area contributed by atoms with Gasteiger partial charge in [-0.1, -0.05) is 32.9 Å². The van der Waals surface area contributed by atoms with Gasteiger partial charge in [-0.2, -0.15) is 5.10 Å². The summed E-state index contributed by atoms with van der Waals surface area (Å²) in [7, 11) is 2.78. The predicted molar refractivity (Wildman–Crippen MR) is 133 cm³/mol. The van der Waals surface area contributed by atoms with Gasteiger partial charge in [0.25, 0.3) is 5.56 Å². The van der Waals surface area contributed by atoms with Crippen LogP contribution in [0, 0.1) is 0 Å². The summed E-state index contributed by atoms with van der Waals surface area (Å²) in [6.45, 7) is 9.20. The molecule has 1 N–H and O–H groups in total. The third-order valence-electron chi connectivity index (χ3n) is 6.52. The molecule has 172 valence electrons. The summed E-state index contributed by atoms with van der Waals surface area (Å²) in [4.78, 5) is 28.0. The highest BCUT2D eigenvalue weighted by Crippen LogP contribution is 2.41. The number of amides is 1. The number of likely N-dealkylation sites (tertiary alicyclic amines) is 1. The van der Waals surface area contributed by atoms with Gasteiger partial charge in [-0.3, -0.25) is 9.59 Å². The summed E-state index contributed by atoms with van der Waals surface area (Å²) in [6, 6.07) is 8.31. The van der Waals surface area contributed by atoms with Gasteiger partial charge in [0.05, 0.1) is 5.69 Å². The number of likely N-dealkylation sites (N-methyl/N-ethyl adjacent to an activating group) is 1. The van der Waals surface area contributed by atoms with Crippen LogP contribution in [0.1, 0.15) is 69.5 Å². The van der Waals surface area contributed by atoms with Crippen LogP contribution in [0.2, 0.25) is 0 Å². The number of hydrogen-bond acceptors (Lipinski definition) is 4. The average Bonchev–Trinajstić information content (AvgIpc) is 3.60. The minimum absolute atomic E-state index is 0.0432. The molecule has 6 nitrogen and oxygen atoms in total. The maximum atomic E-state index is 12.9. The van der Waals surface area contributed by atoms with Crippen LogP contribution >= 0.6 is 9.24 Å². The fourth-order valence-electron chi connectivity index (χ4n) is 4.63. The first-order chi connectivity index (χ1) is 15.3. The van der Waals surface area contributed by atoms with Crippen LogP contribution in [0.5, 0.6) is 0 Å². The molecular weight excluding hydrogens is 419 g/mol. The van der Waals surface area contributed by atoms with Crippen molar-refractivity contribution >= 4 is 20.5 Å². The molecule has 2 heterocycles. The normalized spacial score (nSPS) is 19.3. The predicted octanol–water partition coefficient (Wildman–Crippen LogP) is 3.01. The van der Waals surface area contributed by atoms with Gasteiger partial charge < -0.3 is 10.2 Å². The lowest BCUT2D eigenvalue weighted by atomic mass is 9.96. The second-order valence-electron chi connectivity index (χ2n) is 9.56. The van der Waals surface area contributed by atoms with E-state index in [9.17, 15) is 9.59 Å². The van der Waals surface area contributed by atoms with Crippen molar-refractivity contribution in [2.24, 2.45) is 0 Å². The molecule has 2 unspecified atom stereocenters. The summed E-state index contributed by atoms with van der Waals surface area (Å²) in [5, 5.41) is 8.88. The number of aromatic nitrogens is 2. The van der Waals surface area contributed by atoms with Crippen LogP contribution in [0.4, 0.5) is 0 Å². The minimum Gasteiger partial charge on any atom is -0.350 e. The maximum Gasteiger partial charge on any atom is 0.267 e. The van der Waals surface area contributed by atoms with Crippen LogP contribution in [0.3, 0.4) is 0 Å². The van der Waals surface area contributed by atoms with Crippen molar-refractivity contribution in [3.05, 3.63) is 45.9 Å². The summed E-state index contributed by atoms with van der Waals surface area (Å²) < 4.78 is 1.32. The van der Waals surface area contributed by atoms with Crippen molar-refractivity contribution in [3.8, 4) is 11.1 Å². The van der Waals surface area contributed by atoms with Crippen molar-refractivity contribution in [2.75, 3.05) is 19.6 Å². The molecule has 2 atom stereocenters. The first-order valence-corrected chi connectivity index (χ1v) is 12.5. The molecular formula is C25H35N4O2P. The zero-order valence-electron chi connectivity index (χ0n) is 19.4. The van der Waals surface area contributed by atoms with E-state index in [1.54, 1.807) is 6.07 Å². The van der Waals surface area contributed by atoms with E-state index in [0.717, 1.165) is 54.6 Å². The van der Waals surface area contributed by atoms with E-state index in [-0.39, 0.29) is 30.0 Å². The van der Waals surface area contributed by atoms with Gasteiger partial charge in [0.1, 0.15) is 6.54 Å². The summed E-state index contributed by atoms with van der Waals surface area (Å²) in [5.41, 5.74) is 3.86. The smallest absolute Gasteiger partial charge is 0.267 e. The third-order valence-corrected chi connectivity index (χ3v) is 6.86. The Morgan fingerprint density at radius 2 is 2.00 bits per heavy atom. The second-order valence-corrected chi connectivity index (χ2v) is 10.2. The fraction of sp³-hybridized carbons (Fsp3) is 0.560. The zero-order valence-corrected chi connectivity index (χ0v) is 20.6. The summed E-state index contributed by atoms with van der Waals surface area (Å²) >= 11 is 0. The Morgan fingerprint density at radius 3 is 2.69 bits per heavy atom. The Hall–Kier alpha value is -2.04. The van der Waals surface area contributed by atoms with E-state index in [2.05, 4.69) is 63.5 Å². The molecule has 7 heteroatoms. The third kappa shape index (κ3) is 5.47. The average molecular weight is 455 g/mol. The Labute approximate surface area is 193 Å². The van der Waals surface area contributed by atoms with Crippen LogP contribution < -0.4 is 16.2 Å². The molecule has 1 saturated heterocycles. The second kappa shape index (κ2) is 9.84. The Bertz CT molecular complexity index is 1040. The van der Waals surface area contributed by atoms with Crippen molar-refractivity contribution in [3.63, 3.8) is 0 Å². The molecule has 0 spiro atoms. The highest BCUT2D eigenvalue weighted by atomic mass is 31.0. The van der Waals surface area contributed by atoms with E-state index in [0.29, 0.717) is 5.92 Å². The molecule has 32 heavy (non-hydrogen) atoms. The lowest BCUT2D eigenvalue weighted by molar-refractivity contribution is -0.123. The van der Waals surface area contributed by atoms with E-state index in [4.69, 9.17) is 0 Å². The Balaban J connectivity index is 1.57. The SMILES string of the molecule is CCN1CCCC(NC(=O)Cn2nc(C(C)C)c(-c3cc(P)cc(C4CC4)c3)cc2=O)C1. The topological polar surface area (TPSA) is 67.2 Å². The molecule has 2 aliphatic rings. The molecule has 0 radical (unpaired) electrons. The van der Waals surface area contributed by atoms with Gasteiger partial charge in [0, 0.05) is 24.2 Å². The zero-order chi connectivity index (χ0) is 22.8. The molecule has 4 rings (SSSR count). The highest BCUT2D eigenvalue weighted by Gasteiger charge is 2.25. The molecule has 0 bridgehead atoms. The Kier molecular flexibility index (Phi) is 7.11. The van der Waals surface area contributed by atoms with Crippen molar-refractivity contribution < 1.29 is 4.79 Å². The lowest BCUT2D eigenvalue weighted by Crippen LogP contribution is -2.48. The quantitative estimate of drug-likeness (QED) is 0.653. The summed E-state index contributed by atoms with van der Waals surface area (Å²) in [5.74, 6) is 0.624. The minimum atomic E-state index is -0.236. The number of carbonyl (C=O) groups excluding carboxylic acids is 1. The first-order valence-electron chi connectivity index (χ1n) is 11.9. The molecule has 2 fully saturated rings. The van der Waals surface area contributed by atoms with E-state index < -0.39 is 0 Å². The summed E-state index contributed by atoms with van der Waals surface area (Å²) in [6.07, 6.45) is 4.53. The van der Waals surface area contributed by atoms with E-state index in [1.807, 2.05) is 0 Å². The van der Waals surface area contributed by atoms with Crippen LogP contribution in [0.25, 0.3) is 11.1 Å². The Morgan fingerprint density at radius 1 is 1.22 bits per heavy atom. The number of carbonyl (C=O) groups is 1. The van der Waals surface area contributed by atoms with E-state index >= 15 is 0 Å². The standard InChI is InChI=1S/C25H35N4O2P/c1-4-28-9-5-6-20(14-28)26-23(30)15-29-24(31)13-22(25(27-29)16(2)3)19-10-18(17-7-8-17)11-21(32)12-19/h10-13,16-17,20H,4-9,14-15,32H2,1-3H3,(H,26,30). The lowest BCUT2D eigenvalue weighted by Gasteiger charge is -2.32. The number of piperidine rings is 1. The number of nitrogens with one attached hydrogen (secondary N) is 1. The molecule has 1 aromatic heterocycles. The van der Waals surface area contributed by atoms with Crippen molar-refractivity contribution in [2.45, 2.75) is 70.9 Å². The highest BCUT2D eigenvalue weighted by molar-refractivity contribution is 7.27. The van der Waals surface area contributed by atoms with Gasteiger partial charge in [-0.05, 0) is 73.1 Å². The van der Waals surface area contributed by atoms with Crippen LogP contribution in [-0.2, 0) is 11.3 Å². The molecule has 1 aliphatic carbocycles. The monoisotopic (exact) mass is 454 g/mol. The first kappa shape index (κ1) is 23.1. The molecule has 1 saturated carbocycles. The van der Waals surface area contributed by atoms with Gasteiger partial charge in [0.2, 0.25) is 5.91 Å². The van der Waals surface area contributed by atoms with Gasteiger partial charge >= 0.3 is 0 Å². The van der Waals surface area contributed by atoms with Crippen molar-refractivity contribution in [1.29, 1.82) is 0 Å². The van der Waals surface area contributed by atoms with Crippen molar-refractivity contribution in [1.82, 2.24) is 20.0 Å². The number of rotatable bonds is 7. The van der Waals surface area contributed by atoms with Gasteiger partial charge in [-0.15, -0.1) is 9.24 Å². The van der Waals surface area contributed by atoms with E-state index in [1.165, 1.54) is 23.1 Å². The fourth-order valence-corrected chi connectivity index (χ4v) is 5.00. The van der Waals surface area contributed by atoms with Gasteiger partial charge in [0.15, 0.2) is 0 Å². The van der Waals surface area contributed by atoms with Gasteiger partial charge in [-0.25, -0.2) is 4.68 Å². The molecule has 2 aromatic rings. The van der Waals surface area contributed by atoms with Crippen LogP contribution in [-0.4, -0.2) is 46.3 Å². The molecule has 1 aliphatic heterocycles. The van der Waals surface area contributed by atoms with Crippen LogP contribution in [0.15, 0.2) is 29.1 Å². The number of nitrogens with zero attached hydrogens (tertiary/aromatic N) is 3. The number of hydrogen-bond donors (Lipinski definition) is 1. The number of benzene rings is 1. The molecule has 1 aromatic carbocycles. The maximum absolute atomic E-state index is 12.9. The molecule has 1 amide bonds.